The highest BCUT2D eigenvalue weighted by atomic mass is 32.2. The van der Waals surface area contributed by atoms with E-state index in [4.69, 9.17) is 0 Å². The third kappa shape index (κ3) is 7.54. The highest BCUT2D eigenvalue weighted by Gasteiger charge is 2.33. The van der Waals surface area contributed by atoms with Crippen molar-refractivity contribution < 1.29 is 32.3 Å². The minimum atomic E-state index is -4.84. The van der Waals surface area contributed by atoms with Crippen molar-refractivity contribution in [2.24, 2.45) is 12.0 Å². The molecule has 0 saturated carbocycles. The van der Waals surface area contributed by atoms with Crippen LogP contribution in [0.3, 0.4) is 0 Å². The maximum atomic E-state index is 12.9. The van der Waals surface area contributed by atoms with Gasteiger partial charge < -0.3 is 10.1 Å². The molecule has 0 unspecified atom stereocenters. The Morgan fingerprint density at radius 2 is 1.72 bits per heavy atom. The highest BCUT2D eigenvalue weighted by molar-refractivity contribution is 8.15. The molecule has 0 bridgehead atoms. The van der Waals surface area contributed by atoms with Gasteiger partial charge in [-0.2, -0.15) is 9.98 Å². The highest BCUT2D eigenvalue weighted by Crippen LogP contribution is 2.34. The summed E-state index contributed by atoms with van der Waals surface area (Å²) in [7, 11) is 1.57. The second-order valence-electron chi connectivity index (χ2n) is 10.5. The predicted octanol–water partition coefficient (Wildman–Crippen LogP) is 6.73. The maximum absolute atomic E-state index is 12.9. The second kappa shape index (κ2) is 13.0. The van der Waals surface area contributed by atoms with Crippen LogP contribution in [-0.4, -0.2) is 49.9 Å². The van der Waals surface area contributed by atoms with Crippen molar-refractivity contribution in [3.05, 3.63) is 83.4 Å². The van der Waals surface area contributed by atoms with Crippen LogP contribution in [0.2, 0.25) is 0 Å². The molecule has 4 amide bonds. The Morgan fingerprint density at radius 1 is 1.02 bits per heavy atom. The van der Waals surface area contributed by atoms with Gasteiger partial charge in [0.25, 0.3) is 5.91 Å². The fraction of sp³-hybridized carbons (Fsp3) is 0.226. The smallest absolute Gasteiger partial charge is 0.406 e. The van der Waals surface area contributed by atoms with Crippen molar-refractivity contribution in [3.8, 4) is 17.1 Å². The van der Waals surface area contributed by atoms with Gasteiger partial charge in [0, 0.05) is 23.9 Å². The maximum Gasteiger partial charge on any atom is 0.573 e. The van der Waals surface area contributed by atoms with Gasteiger partial charge in [-0.15, -0.1) is 18.3 Å². The lowest BCUT2D eigenvalue weighted by molar-refractivity contribution is -0.274. The lowest BCUT2D eigenvalue weighted by Gasteiger charge is -2.22. The molecule has 2 N–H and O–H groups in total. The third-order valence-electron chi connectivity index (χ3n) is 6.74. The van der Waals surface area contributed by atoms with Gasteiger partial charge in [0.2, 0.25) is 11.9 Å². The zero-order valence-electron chi connectivity index (χ0n) is 25.0. The van der Waals surface area contributed by atoms with Crippen molar-refractivity contribution in [1.82, 2.24) is 14.8 Å². The van der Waals surface area contributed by atoms with Crippen molar-refractivity contribution in [2.45, 2.75) is 33.1 Å². The van der Waals surface area contributed by atoms with E-state index in [1.165, 1.54) is 33.5 Å². The first-order valence-electron chi connectivity index (χ1n) is 13.9. The molecule has 0 aliphatic carbocycles. The summed E-state index contributed by atoms with van der Waals surface area (Å²) in [6, 6.07) is 16.3. The Kier molecular flexibility index (Phi) is 9.14. The van der Waals surface area contributed by atoms with E-state index in [1.54, 1.807) is 31.3 Å². The van der Waals surface area contributed by atoms with Gasteiger partial charge in [-0.05, 0) is 78.6 Å². The molecule has 2 heterocycles. The molecular weight excluding hydrogens is 623 g/mol. The topological polar surface area (TPSA) is 131 Å². The fourth-order valence-electron chi connectivity index (χ4n) is 4.56. The average molecular weight is 652 g/mol. The second-order valence-corrected chi connectivity index (χ2v) is 11.5. The van der Waals surface area contributed by atoms with Gasteiger partial charge in [-0.25, -0.2) is 9.48 Å². The summed E-state index contributed by atoms with van der Waals surface area (Å²) in [6.45, 7) is 6.01. The monoisotopic (exact) mass is 651 g/mol. The molecule has 1 saturated heterocycles. The Hall–Kier alpha value is -5.18. The van der Waals surface area contributed by atoms with Crippen LogP contribution in [0, 0.1) is 6.92 Å². The minimum Gasteiger partial charge on any atom is -0.406 e. The lowest BCUT2D eigenvalue weighted by Crippen LogP contribution is -2.31. The van der Waals surface area contributed by atoms with Crippen molar-refractivity contribution in [2.75, 3.05) is 21.3 Å². The zero-order chi connectivity index (χ0) is 33.2. The van der Waals surface area contributed by atoms with Crippen LogP contribution in [0.4, 0.5) is 35.3 Å². The summed E-state index contributed by atoms with van der Waals surface area (Å²) < 4.78 is 42.3. The number of aliphatic imine (C=N–C) groups is 1. The molecule has 5 rings (SSSR count). The Bertz CT molecular complexity index is 1820. The summed E-state index contributed by atoms with van der Waals surface area (Å²) in [6.07, 6.45) is -4.84. The number of nitrogens with one attached hydrogen (secondary N) is 2. The number of aryl methyl sites for hydroxylation is 2. The fourth-order valence-corrected chi connectivity index (χ4v) is 5.41. The molecule has 0 atom stereocenters. The van der Waals surface area contributed by atoms with Crippen LogP contribution in [0.5, 0.6) is 5.75 Å². The first kappa shape index (κ1) is 32.2. The SMILES string of the molecule is Cc1ccc(C(C)C)c(N2C(=O)CSC2=NC(=O)Nc2ccc(-c3nc(NC(=O)c4ccc(OC(F)(F)F)cc4)n(C)n3)cc2)c1. The number of hydrogen-bond acceptors (Lipinski definition) is 7. The van der Waals surface area contributed by atoms with Gasteiger partial charge in [0.05, 0.1) is 11.4 Å². The number of rotatable bonds is 7. The normalized spacial score (nSPS) is 14.2. The molecule has 1 aliphatic heterocycles. The number of carbonyl (C=O) groups is 3. The van der Waals surface area contributed by atoms with Gasteiger partial charge in [-0.1, -0.05) is 37.7 Å². The van der Waals surface area contributed by atoms with E-state index in [9.17, 15) is 27.6 Å². The quantitative estimate of drug-likeness (QED) is 0.227. The minimum absolute atomic E-state index is 0.0884. The molecule has 4 aromatic rings. The summed E-state index contributed by atoms with van der Waals surface area (Å²) in [5, 5.41) is 9.88. The first-order chi connectivity index (χ1) is 21.8. The van der Waals surface area contributed by atoms with E-state index >= 15 is 0 Å². The van der Waals surface area contributed by atoms with E-state index in [0.29, 0.717) is 22.1 Å². The molecular formula is C31H28F3N7O4S. The number of urea groups is 1. The molecule has 11 nitrogen and oxygen atoms in total. The van der Waals surface area contributed by atoms with E-state index < -0.39 is 24.1 Å². The Balaban J connectivity index is 1.25. The van der Waals surface area contributed by atoms with Crippen molar-refractivity contribution in [3.63, 3.8) is 0 Å². The number of thioether (sulfide) groups is 1. The third-order valence-corrected chi connectivity index (χ3v) is 7.67. The predicted molar refractivity (Wildman–Crippen MR) is 169 cm³/mol. The molecule has 238 valence electrons. The number of benzene rings is 3. The van der Waals surface area contributed by atoms with Crippen LogP contribution < -0.4 is 20.3 Å². The summed E-state index contributed by atoms with van der Waals surface area (Å²) in [4.78, 5) is 48.3. The molecule has 46 heavy (non-hydrogen) atoms. The van der Waals surface area contributed by atoms with Crippen LogP contribution in [-0.2, 0) is 11.8 Å². The molecule has 1 aromatic heterocycles. The van der Waals surface area contributed by atoms with E-state index in [-0.39, 0.29) is 34.9 Å². The molecule has 1 fully saturated rings. The molecule has 1 aliphatic rings. The number of ether oxygens (including phenoxy) is 1. The van der Waals surface area contributed by atoms with Gasteiger partial charge in [-0.3, -0.25) is 19.8 Å². The number of halogens is 3. The molecule has 15 heteroatoms. The number of amides is 4. The number of nitrogens with zero attached hydrogens (tertiary/aromatic N) is 5. The van der Waals surface area contributed by atoms with Crippen molar-refractivity contribution >= 4 is 52.1 Å². The number of amidine groups is 1. The largest absolute Gasteiger partial charge is 0.573 e. The van der Waals surface area contributed by atoms with E-state index in [1.807, 2.05) is 39.0 Å². The first-order valence-corrected chi connectivity index (χ1v) is 14.9. The van der Waals surface area contributed by atoms with Crippen molar-refractivity contribution in [1.29, 1.82) is 0 Å². The number of carbonyl (C=O) groups excluding carboxylic acids is 3. The summed E-state index contributed by atoms with van der Waals surface area (Å²) in [5.41, 5.74) is 3.79. The Labute approximate surface area is 265 Å². The number of hydrogen-bond donors (Lipinski definition) is 2. The van der Waals surface area contributed by atoms with Gasteiger partial charge >= 0.3 is 12.4 Å². The van der Waals surface area contributed by atoms with Gasteiger partial charge in [0.15, 0.2) is 11.0 Å². The zero-order valence-corrected chi connectivity index (χ0v) is 25.9. The van der Waals surface area contributed by atoms with Crippen LogP contribution in [0.1, 0.15) is 41.3 Å². The molecule has 0 spiro atoms. The summed E-state index contributed by atoms with van der Waals surface area (Å²) >= 11 is 1.20. The molecule has 0 radical (unpaired) electrons. The van der Waals surface area contributed by atoms with Crippen LogP contribution in [0.25, 0.3) is 11.4 Å². The Morgan fingerprint density at radius 3 is 2.37 bits per heavy atom. The molecule has 3 aromatic carbocycles. The number of anilines is 3. The lowest BCUT2D eigenvalue weighted by atomic mass is 9.99. The number of alkyl halides is 3. The van der Waals surface area contributed by atoms with E-state index in [2.05, 4.69) is 30.4 Å². The summed E-state index contributed by atoms with van der Waals surface area (Å²) in [5.74, 6) is -0.495. The average Bonchev–Trinajstić information content (AvgIpc) is 3.53. The number of aromatic nitrogens is 3. The van der Waals surface area contributed by atoms with E-state index in [0.717, 1.165) is 23.3 Å². The standard InChI is InChI=1S/C31H28F3N7O4S/c1-17(2)23-14-5-18(3)15-24(23)41-25(42)16-46-30(41)38-29(44)35-21-10-6-19(7-11-21)26-36-28(40(4)39-26)37-27(43)20-8-12-22(13-9-20)45-31(32,33)34/h5-15,17H,16H2,1-4H3,(H,35,44)(H,36,37,39,43). The van der Waals surface area contributed by atoms with Crippen LogP contribution in [0.15, 0.2) is 71.7 Å². The van der Waals surface area contributed by atoms with Gasteiger partial charge in [0.1, 0.15) is 5.75 Å². The van der Waals surface area contributed by atoms with Crippen LogP contribution >= 0.6 is 11.8 Å².